The molecule has 2 heterocycles. The molecule has 4 N–H and O–H groups in total. The molecule has 2 aromatic heterocycles. The summed E-state index contributed by atoms with van der Waals surface area (Å²) >= 11 is 1.15. The minimum atomic E-state index is -1.12. The van der Waals surface area contributed by atoms with E-state index >= 15 is 0 Å². The number of urea groups is 1. The van der Waals surface area contributed by atoms with Gasteiger partial charge >= 0.3 is 12.0 Å². The van der Waals surface area contributed by atoms with Crippen LogP contribution in [0.15, 0.2) is 72.5 Å². The second kappa shape index (κ2) is 11.7. The number of fused-ring (bicyclic) bond motifs is 1. The fourth-order valence-electron chi connectivity index (χ4n) is 4.21. The van der Waals surface area contributed by atoms with Gasteiger partial charge in [0.2, 0.25) is 5.88 Å². The summed E-state index contributed by atoms with van der Waals surface area (Å²) in [5.74, 6) is 0.234. The highest BCUT2D eigenvalue weighted by Crippen LogP contribution is 2.41. The van der Waals surface area contributed by atoms with Gasteiger partial charge in [-0.1, -0.05) is 45.0 Å². The number of rotatable bonds is 8. The summed E-state index contributed by atoms with van der Waals surface area (Å²) < 4.78 is 11.7. The molecule has 12 heteroatoms. The Balaban J connectivity index is 1.44. The van der Waals surface area contributed by atoms with Crippen LogP contribution < -0.4 is 25.4 Å². The van der Waals surface area contributed by atoms with Crippen LogP contribution in [-0.2, 0) is 5.41 Å². The minimum Gasteiger partial charge on any atom is -0.492 e. The number of amides is 2. The SMILES string of the molecule is COc1c(NC(=O)Nc2ccc(Oc3ccncn3)c3ccccc23)cc(C(C)(C)C)cc1Nc1nc(C(=O)O)cs1. The van der Waals surface area contributed by atoms with Gasteiger partial charge in [0.25, 0.3) is 0 Å². The Bertz CT molecular complexity index is 1770. The van der Waals surface area contributed by atoms with Gasteiger partial charge < -0.3 is 30.5 Å². The maximum atomic E-state index is 13.4. The Morgan fingerprint density at radius 2 is 1.69 bits per heavy atom. The molecule has 11 nitrogen and oxygen atoms in total. The number of ether oxygens (including phenoxy) is 2. The molecule has 0 aliphatic carbocycles. The molecule has 5 aromatic rings. The first-order valence-corrected chi connectivity index (χ1v) is 13.7. The van der Waals surface area contributed by atoms with E-state index < -0.39 is 12.0 Å². The van der Waals surface area contributed by atoms with Crippen molar-refractivity contribution in [1.82, 2.24) is 15.0 Å². The van der Waals surface area contributed by atoms with Gasteiger partial charge in [-0.15, -0.1) is 11.3 Å². The first-order chi connectivity index (χ1) is 20.1. The van der Waals surface area contributed by atoms with Crippen LogP contribution in [0.4, 0.5) is 27.0 Å². The second-order valence-corrected chi connectivity index (χ2v) is 11.1. The van der Waals surface area contributed by atoms with E-state index in [2.05, 4.69) is 30.9 Å². The van der Waals surface area contributed by atoms with Crippen LogP contribution in [0, 0.1) is 0 Å². The lowest BCUT2D eigenvalue weighted by Gasteiger charge is -2.24. The number of carboxylic acid groups (broad SMARTS) is 1. The molecule has 0 saturated heterocycles. The molecule has 0 unspecified atom stereocenters. The Hall–Kier alpha value is -5.23. The van der Waals surface area contributed by atoms with Gasteiger partial charge in [0, 0.05) is 28.4 Å². The number of nitrogens with zero attached hydrogens (tertiary/aromatic N) is 3. The predicted molar refractivity (Wildman–Crippen MR) is 163 cm³/mol. The lowest BCUT2D eigenvalue weighted by atomic mass is 9.86. The summed E-state index contributed by atoms with van der Waals surface area (Å²) in [6.45, 7) is 6.14. The zero-order valence-corrected chi connectivity index (χ0v) is 24.1. The summed E-state index contributed by atoms with van der Waals surface area (Å²) in [6, 6.07) is 16.0. The number of benzene rings is 3. The highest BCUT2D eigenvalue weighted by atomic mass is 32.1. The van der Waals surface area contributed by atoms with Gasteiger partial charge in [-0.3, -0.25) is 0 Å². The molecule has 2 amide bonds. The standard InChI is InChI=1S/C30H28N6O5S/c1-30(2,3)17-13-21(26(40-4)22(14-17)35-29-36-23(15-42-29)27(37)38)34-28(39)33-20-9-10-24(19-8-6-5-7-18(19)20)41-25-11-12-31-16-32-25/h5-16H,1-4H3,(H,35,36)(H,37,38)(H2,33,34,39). The molecule has 0 aliphatic heterocycles. The number of aromatic carboxylic acids is 1. The number of anilines is 4. The van der Waals surface area contributed by atoms with Gasteiger partial charge in [0.1, 0.15) is 12.1 Å². The van der Waals surface area contributed by atoms with Crippen LogP contribution in [0.3, 0.4) is 0 Å². The molecule has 0 bridgehead atoms. The molecule has 0 radical (unpaired) electrons. The number of methoxy groups -OCH3 is 1. The van der Waals surface area contributed by atoms with Crippen LogP contribution in [0.25, 0.3) is 10.8 Å². The number of carbonyl (C=O) groups is 2. The van der Waals surface area contributed by atoms with E-state index in [0.29, 0.717) is 39.6 Å². The average molecular weight is 585 g/mol. The van der Waals surface area contributed by atoms with E-state index in [-0.39, 0.29) is 11.1 Å². The fraction of sp³-hybridized carbons (Fsp3) is 0.167. The van der Waals surface area contributed by atoms with Crippen molar-refractivity contribution in [2.75, 3.05) is 23.1 Å². The molecular weight excluding hydrogens is 556 g/mol. The summed E-state index contributed by atoms with van der Waals surface area (Å²) in [5, 5.41) is 21.6. The number of carboxylic acids is 1. The number of nitrogens with one attached hydrogen (secondary N) is 3. The first kappa shape index (κ1) is 28.3. The summed E-state index contributed by atoms with van der Waals surface area (Å²) in [6.07, 6.45) is 3.00. The van der Waals surface area contributed by atoms with E-state index in [9.17, 15) is 14.7 Å². The number of hydrogen-bond donors (Lipinski definition) is 4. The van der Waals surface area contributed by atoms with E-state index in [0.717, 1.165) is 27.7 Å². The van der Waals surface area contributed by atoms with Crippen molar-refractivity contribution >= 4 is 56.3 Å². The largest absolute Gasteiger partial charge is 0.492 e. The Labute approximate surface area is 245 Å². The van der Waals surface area contributed by atoms with Crippen molar-refractivity contribution in [3.63, 3.8) is 0 Å². The normalized spacial score (nSPS) is 11.1. The molecule has 0 fully saturated rings. The maximum absolute atomic E-state index is 13.4. The van der Waals surface area contributed by atoms with Crippen LogP contribution >= 0.6 is 11.3 Å². The summed E-state index contributed by atoms with van der Waals surface area (Å²) in [5.41, 5.74) is 2.10. The van der Waals surface area contributed by atoms with Gasteiger partial charge in [-0.25, -0.2) is 24.5 Å². The third kappa shape index (κ3) is 6.23. The number of carbonyl (C=O) groups excluding carboxylic acids is 1. The van der Waals surface area contributed by atoms with Crippen molar-refractivity contribution in [2.45, 2.75) is 26.2 Å². The number of hydrogen-bond acceptors (Lipinski definition) is 9. The van der Waals surface area contributed by atoms with Crippen molar-refractivity contribution < 1.29 is 24.2 Å². The molecular formula is C30H28N6O5S. The van der Waals surface area contributed by atoms with Crippen LogP contribution in [0.1, 0.15) is 36.8 Å². The Kier molecular flexibility index (Phi) is 7.89. The molecule has 3 aromatic carbocycles. The lowest BCUT2D eigenvalue weighted by molar-refractivity contribution is 0.0691. The quantitative estimate of drug-likeness (QED) is 0.148. The van der Waals surface area contributed by atoms with E-state index in [1.807, 2.05) is 57.2 Å². The van der Waals surface area contributed by atoms with Crippen molar-refractivity contribution in [2.24, 2.45) is 0 Å². The smallest absolute Gasteiger partial charge is 0.355 e. The van der Waals surface area contributed by atoms with Crippen molar-refractivity contribution in [1.29, 1.82) is 0 Å². The Morgan fingerprint density at radius 3 is 2.36 bits per heavy atom. The molecule has 0 aliphatic rings. The van der Waals surface area contributed by atoms with Crippen molar-refractivity contribution in [3.05, 3.63) is 83.8 Å². The first-order valence-electron chi connectivity index (χ1n) is 12.8. The van der Waals surface area contributed by atoms with Gasteiger partial charge in [0.05, 0.1) is 24.2 Å². The molecule has 0 spiro atoms. The molecule has 214 valence electrons. The third-order valence-corrected chi connectivity index (χ3v) is 7.03. The second-order valence-electron chi connectivity index (χ2n) is 10.2. The molecule has 0 atom stereocenters. The van der Waals surface area contributed by atoms with Gasteiger partial charge in [0.15, 0.2) is 16.6 Å². The predicted octanol–water partition coefficient (Wildman–Crippen LogP) is 7.27. The van der Waals surface area contributed by atoms with E-state index in [1.165, 1.54) is 18.8 Å². The molecule has 5 rings (SSSR count). The average Bonchev–Trinajstić information content (AvgIpc) is 3.43. The topological polar surface area (TPSA) is 148 Å². The van der Waals surface area contributed by atoms with Gasteiger partial charge in [-0.2, -0.15) is 0 Å². The molecule has 42 heavy (non-hydrogen) atoms. The zero-order valence-electron chi connectivity index (χ0n) is 23.3. The van der Waals surface area contributed by atoms with E-state index in [1.54, 1.807) is 24.4 Å². The number of thiazole rings is 1. The minimum absolute atomic E-state index is 0.0631. The maximum Gasteiger partial charge on any atom is 0.355 e. The summed E-state index contributed by atoms with van der Waals surface area (Å²) in [7, 11) is 1.49. The summed E-state index contributed by atoms with van der Waals surface area (Å²) in [4.78, 5) is 36.8. The highest BCUT2D eigenvalue weighted by Gasteiger charge is 2.22. The van der Waals surface area contributed by atoms with Crippen molar-refractivity contribution in [3.8, 4) is 17.4 Å². The third-order valence-electron chi connectivity index (χ3n) is 6.27. The van der Waals surface area contributed by atoms with Gasteiger partial charge in [-0.05, 0) is 35.2 Å². The van der Waals surface area contributed by atoms with Crippen LogP contribution in [0.2, 0.25) is 0 Å². The monoisotopic (exact) mass is 584 g/mol. The fourth-order valence-corrected chi connectivity index (χ4v) is 4.91. The lowest BCUT2D eigenvalue weighted by Crippen LogP contribution is -2.21. The van der Waals surface area contributed by atoms with Crippen LogP contribution in [0.5, 0.6) is 17.4 Å². The molecule has 0 saturated carbocycles. The highest BCUT2D eigenvalue weighted by molar-refractivity contribution is 7.14. The number of aromatic nitrogens is 3. The Morgan fingerprint density at radius 1 is 0.952 bits per heavy atom. The van der Waals surface area contributed by atoms with E-state index in [4.69, 9.17) is 9.47 Å². The zero-order chi connectivity index (χ0) is 29.9. The van der Waals surface area contributed by atoms with Crippen LogP contribution in [-0.4, -0.2) is 39.2 Å².